The summed E-state index contributed by atoms with van der Waals surface area (Å²) in [5, 5.41) is 14.6. The van der Waals surface area contributed by atoms with E-state index < -0.39 is 11.0 Å². The average Bonchev–Trinajstić information content (AvgIpc) is 2.38. The second kappa shape index (κ2) is 6.58. The maximum absolute atomic E-state index is 12.3. The molecule has 0 fully saturated rings. The molecule has 0 aliphatic carbocycles. The van der Waals surface area contributed by atoms with Gasteiger partial charge in [-0.25, -0.2) is 0 Å². The van der Waals surface area contributed by atoms with Gasteiger partial charge in [-0.2, -0.15) is 0 Å². The van der Waals surface area contributed by atoms with E-state index in [1.807, 2.05) is 27.7 Å². The summed E-state index contributed by atoms with van der Waals surface area (Å²) in [7, 11) is 1.59. The van der Waals surface area contributed by atoms with Crippen LogP contribution in [0.4, 0.5) is 0 Å². The minimum atomic E-state index is -0.960. The van der Waals surface area contributed by atoms with Crippen molar-refractivity contribution in [1.29, 1.82) is 0 Å². The predicted molar refractivity (Wildman–Crippen MR) is 70.5 cm³/mol. The van der Waals surface area contributed by atoms with Crippen molar-refractivity contribution in [2.24, 2.45) is 16.3 Å². The lowest BCUT2D eigenvalue weighted by Crippen LogP contribution is -2.52. The van der Waals surface area contributed by atoms with Crippen molar-refractivity contribution >= 4 is 11.7 Å². The van der Waals surface area contributed by atoms with Gasteiger partial charge in [-0.05, 0) is 26.7 Å². The number of nitrogens with zero attached hydrogens (tertiary/aromatic N) is 1. The molecular weight excluding hydrogens is 234 g/mol. The van der Waals surface area contributed by atoms with Crippen LogP contribution < -0.4 is 11.1 Å². The largest absolute Gasteiger partial charge is 0.409 e. The predicted octanol–water partition coefficient (Wildman–Crippen LogP) is 1.08. The smallest absolute Gasteiger partial charge is 0.234 e. The molecule has 6 heteroatoms. The second-order valence-electron chi connectivity index (χ2n) is 4.92. The average molecular weight is 259 g/mol. The summed E-state index contributed by atoms with van der Waals surface area (Å²) in [6, 6.07) is 0. The van der Waals surface area contributed by atoms with Crippen LogP contribution in [0.15, 0.2) is 5.16 Å². The van der Waals surface area contributed by atoms with E-state index in [1.54, 1.807) is 7.11 Å². The van der Waals surface area contributed by atoms with E-state index in [0.29, 0.717) is 19.4 Å². The highest BCUT2D eigenvalue weighted by Crippen LogP contribution is 2.27. The molecule has 0 atom stereocenters. The molecule has 18 heavy (non-hydrogen) atoms. The van der Waals surface area contributed by atoms with Gasteiger partial charge in [-0.1, -0.05) is 19.0 Å². The Morgan fingerprint density at radius 2 is 1.89 bits per heavy atom. The van der Waals surface area contributed by atoms with Crippen LogP contribution in [0.1, 0.15) is 40.5 Å². The first-order valence-corrected chi connectivity index (χ1v) is 6.11. The Bertz CT molecular complexity index is 310. The first-order chi connectivity index (χ1) is 8.29. The van der Waals surface area contributed by atoms with Crippen molar-refractivity contribution in [3.8, 4) is 0 Å². The lowest BCUT2D eigenvalue weighted by atomic mass is 9.80. The van der Waals surface area contributed by atoms with Gasteiger partial charge in [0.05, 0.1) is 5.60 Å². The summed E-state index contributed by atoms with van der Waals surface area (Å²) >= 11 is 0. The van der Waals surface area contributed by atoms with Crippen molar-refractivity contribution in [2.75, 3.05) is 13.7 Å². The van der Waals surface area contributed by atoms with Crippen molar-refractivity contribution in [3.05, 3.63) is 0 Å². The van der Waals surface area contributed by atoms with E-state index in [0.717, 1.165) is 0 Å². The molecule has 106 valence electrons. The summed E-state index contributed by atoms with van der Waals surface area (Å²) < 4.78 is 5.23. The minimum Gasteiger partial charge on any atom is -0.409 e. The molecule has 0 unspecified atom stereocenters. The summed E-state index contributed by atoms with van der Waals surface area (Å²) in [6.07, 6.45) is 0.942. The first kappa shape index (κ1) is 16.7. The van der Waals surface area contributed by atoms with E-state index in [-0.39, 0.29) is 11.7 Å². The number of carbonyl (C=O) groups is 1. The highest BCUT2D eigenvalue weighted by molar-refractivity contribution is 6.06. The third kappa shape index (κ3) is 3.60. The van der Waals surface area contributed by atoms with Gasteiger partial charge in [0.1, 0.15) is 5.41 Å². The van der Waals surface area contributed by atoms with Gasteiger partial charge in [0.2, 0.25) is 5.91 Å². The van der Waals surface area contributed by atoms with E-state index in [2.05, 4.69) is 10.5 Å². The van der Waals surface area contributed by atoms with Crippen molar-refractivity contribution in [2.45, 2.75) is 46.1 Å². The van der Waals surface area contributed by atoms with E-state index in [4.69, 9.17) is 15.7 Å². The molecule has 0 rings (SSSR count). The molecule has 0 radical (unpaired) electrons. The van der Waals surface area contributed by atoms with Gasteiger partial charge < -0.3 is 21.0 Å². The molecule has 0 spiro atoms. The Morgan fingerprint density at radius 3 is 2.22 bits per heavy atom. The van der Waals surface area contributed by atoms with Gasteiger partial charge >= 0.3 is 0 Å². The lowest BCUT2D eigenvalue weighted by molar-refractivity contribution is -0.129. The number of hydrogen-bond donors (Lipinski definition) is 3. The number of nitrogens with one attached hydrogen (secondary N) is 1. The third-order valence-electron chi connectivity index (χ3n) is 3.47. The van der Waals surface area contributed by atoms with Crippen LogP contribution in [0.3, 0.4) is 0 Å². The molecule has 0 saturated carbocycles. The normalized spacial score (nSPS) is 13.5. The molecule has 0 bridgehead atoms. The number of ether oxygens (including phenoxy) is 1. The number of carbonyl (C=O) groups excluding carboxylic acids is 1. The quantitative estimate of drug-likeness (QED) is 0.276. The van der Waals surface area contributed by atoms with Gasteiger partial charge in [-0.3, -0.25) is 4.79 Å². The Kier molecular flexibility index (Phi) is 6.11. The van der Waals surface area contributed by atoms with Crippen molar-refractivity contribution < 1.29 is 14.7 Å². The third-order valence-corrected chi connectivity index (χ3v) is 3.47. The molecule has 0 heterocycles. The zero-order chi connectivity index (χ0) is 14.4. The van der Waals surface area contributed by atoms with E-state index >= 15 is 0 Å². The maximum atomic E-state index is 12.3. The topological polar surface area (TPSA) is 96.9 Å². The summed E-state index contributed by atoms with van der Waals surface area (Å²) in [5.74, 6) is -0.298. The Morgan fingerprint density at radius 1 is 1.39 bits per heavy atom. The first-order valence-electron chi connectivity index (χ1n) is 6.11. The van der Waals surface area contributed by atoms with Crippen LogP contribution in [0, 0.1) is 5.41 Å². The number of rotatable bonds is 7. The highest BCUT2D eigenvalue weighted by atomic mass is 16.5. The lowest BCUT2D eigenvalue weighted by Gasteiger charge is -2.31. The molecule has 1 amide bonds. The number of nitrogens with two attached hydrogens (primary N) is 1. The van der Waals surface area contributed by atoms with Gasteiger partial charge in [0.25, 0.3) is 0 Å². The minimum absolute atomic E-state index is 0.0553. The van der Waals surface area contributed by atoms with Crippen LogP contribution in [0.5, 0.6) is 0 Å². The number of methoxy groups -OCH3 is 1. The molecule has 0 aliphatic heterocycles. The monoisotopic (exact) mass is 259 g/mol. The van der Waals surface area contributed by atoms with E-state index in [9.17, 15) is 4.79 Å². The summed E-state index contributed by atoms with van der Waals surface area (Å²) in [5.41, 5.74) is 4.24. The number of hydrogen-bond acceptors (Lipinski definition) is 4. The van der Waals surface area contributed by atoms with E-state index in [1.165, 1.54) is 0 Å². The molecule has 0 aromatic rings. The summed E-state index contributed by atoms with van der Waals surface area (Å²) in [4.78, 5) is 12.3. The SMILES string of the molecule is CCC(CC)(C(=O)NCC(C)(C)OC)C(N)=NO. The summed E-state index contributed by atoms with van der Waals surface area (Å²) in [6.45, 7) is 7.78. The van der Waals surface area contributed by atoms with Crippen molar-refractivity contribution in [3.63, 3.8) is 0 Å². The highest BCUT2D eigenvalue weighted by Gasteiger charge is 2.40. The van der Waals surface area contributed by atoms with Crippen LogP contribution in [-0.2, 0) is 9.53 Å². The van der Waals surface area contributed by atoms with Gasteiger partial charge in [0, 0.05) is 13.7 Å². The van der Waals surface area contributed by atoms with Crippen molar-refractivity contribution in [1.82, 2.24) is 5.32 Å². The molecular formula is C12H25N3O3. The molecule has 6 nitrogen and oxygen atoms in total. The Hall–Kier alpha value is -1.30. The maximum Gasteiger partial charge on any atom is 0.234 e. The van der Waals surface area contributed by atoms with Crippen LogP contribution >= 0.6 is 0 Å². The van der Waals surface area contributed by atoms with Gasteiger partial charge in [-0.15, -0.1) is 0 Å². The standard InChI is InChI=1S/C12H25N3O3/c1-6-12(7-2,9(13)15-17)10(16)14-8-11(3,4)18-5/h17H,6-8H2,1-5H3,(H2,13,15)(H,14,16). The second-order valence-corrected chi connectivity index (χ2v) is 4.92. The molecule has 0 saturated heterocycles. The molecule has 0 aromatic carbocycles. The van der Waals surface area contributed by atoms with Gasteiger partial charge in [0.15, 0.2) is 5.84 Å². The molecule has 4 N–H and O–H groups in total. The number of amidine groups is 1. The molecule has 0 aliphatic rings. The Labute approximate surface area is 109 Å². The fraction of sp³-hybridized carbons (Fsp3) is 0.833. The van der Waals surface area contributed by atoms with Crippen LogP contribution in [0.25, 0.3) is 0 Å². The molecule has 0 aromatic heterocycles. The zero-order valence-corrected chi connectivity index (χ0v) is 11.9. The zero-order valence-electron chi connectivity index (χ0n) is 11.9. The number of amides is 1. The van der Waals surface area contributed by atoms with Crippen LogP contribution in [-0.4, -0.2) is 36.2 Å². The Balaban J connectivity index is 4.91. The van der Waals surface area contributed by atoms with Crippen LogP contribution in [0.2, 0.25) is 0 Å². The number of oxime groups is 1. The fourth-order valence-electron chi connectivity index (χ4n) is 1.68. The fourth-order valence-corrected chi connectivity index (χ4v) is 1.68.